The molecule has 9 heteroatoms. The molecule has 3 fully saturated rings. The summed E-state index contributed by atoms with van der Waals surface area (Å²) in [4.78, 5) is 25.9. The minimum Gasteiger partial charge on any atom is -0.465 e. The van der Waals surface area contributed by atoms with Crippen LogP contribution in [-0.2, 0) is 19.1 Å². The molecule has 0 bridgehead atoms. The van der Waals surface area contributed by atoms with Gasteiger partial charge >= 0.3 is 5.97 Å². The molecule has 5 N–H and O–H groups in total. The molecule has 4 aliphatic rings. The third kappa shape index (κ3) is 6.43. The van der Waals surface area contributed by atoms with E-state index >= 15 is 0 Å². The molecule has 0 unspecified atom stereocenters. The van der Waals surface area contributed by atoms with Crippen LogP contribution in [0.1, 0.15) is 93.4 Å². The van der Waals surface area contributed by atoms with Crippen molar-refractivity contribution in [2.24, 2.45) is 58.7 Å². The van der Waals surface area contributed by atoms with Gasteiger partial charge in [0.1, 0.15) is 11.7 Å². The van der Waals surface area contributed by atoms with Gasteiger partial charge in [0.2, 0.25) is 0 Å². The van der Waals surface area contributed by atoms with Gasteiger partial charge in [0, 0.05) is 43.3 Å². The van der Waals surface area contributed by atoms with Gasteiger partial charge in [-0.2, -0.15) is 0 Å². The summed E-state index contributed by atoms with van der Waals surface area (Å²) in [6, 6.07) is 0. The van der Waals surface area contributed by atoms with E-state index in [0.29, 0.717) is 25.7 Å². The number of ketones is 1. The second-order valence-electron chi connectivity index (χ2n) is 15.4. The Morgan fingerprint density at radius 3 is 2.43 bits per heavy atom. The molecule has 3 aliphatic carbocycles. The summed E-state index contributed by atoms with van der Waals surface area (Å²) in [6.45, 7) is 12.8. The summed E-state index contributed by atoms with van der Waals surface area (Å²) >= 11 is 0. The van der Waals surface area contributed by atoms with Crippen LogP contribution in [0.2, 0.25) is 0 Å². The summed E-state index contributed by atoms with van der Waals surface area (Å²) in [5.74, 6) is -4.87. The van der Waals surface area contributed by atoms with Crippen molar-refractivity contribution >= 4 is 11.8 Å². The van der Waals surface area contributed by atoms with Gasteiger partial charge in [-0.25, -0.2) is 0 Å². The van der Waals surface area contributed by atoms with Crippen LogP contribution in [0.25, 0.3) is 0 Å². The number of carbonyl (C=O) groups is 2. The molecule has 0 aromatic carbocycles. The molecule has 1 heterocycles. The maximum Gasteiger partial charge on any atom is 0.314 e. The Labute approximate surface area is 263 Å². The molecule has 14 atom stereocenters. The van der Waals surface area contributed by atoms with Crippen LogP contribution in [0, 0.1) is 58.7 Å². The first kappa shape index (κ1) is 35.5. The van der Waals surface area contributed by atoms with Gasteiger partial charge in [0.15, 0.2) is 5.79 Å². The molecule has 0 spiro atoms. The Bertz CT molecular complexity index is 1070. The maximum absolute atomic E-state index is 13.4. The molecule has 0 aromatic rings. The number of aliphatic hydroxyl groups excluding tert-OH is 3. The number of carbonyl (C=O) groups excluding carboxylic acids is 2. The van der Waals surface area contributed by atoms with Crippen LogP contribution in [0.5, 0.6) is 0 Å². The number of esters is 1. The average molecular weight is 623 g/mol. The van der Waals surface area contributed by atoms with E-state index in [1.165, 1.54) is 0 Å². The summed E-state index contributed by atoms with van der Waals surface area (Å²) < 4.78 is 12.0. The molecule has 44 heavy (non-hydrogen) atoms. The molecule has 0 amide bonds. The van der Waals surface area contributed by atoms with Crippen LogP contribution in [0.15, 0.2) is 11.6 Å². The van der Waals surface area contributed by atoms with E-state index in [1.807, 2.05) is 27.7 Å². The van der Waals surface area contributed by atoms with E-state index in [0.717, 1.165) is 24.8 Å². The van der Waals surface area contributed by atoms with Crippen LogP contribution in [0.4, 0.5) is 0 Å². The lowest BCUT2D eigenvalue weighted by atomic mass is 9.64. The van der Waals surface area contributed by atoms with E-state index in [1.54, 1.807) is 13.8 Å². The van der Waals surface area contributed by atoms with Gasteiger partial charge in [-0.15, -0.1) is 0 Å². The fourth-order valence-corrected chi connectivity index (χ4v) is 9.61. The van der Waals surface area contributed by atoms with Gasteiger partial charge in [0.05, 0.1) is 24.4 Å². The van der Waals surface area contributed by atoms with Crippen molar-refractivity contribution < 1.29 is 44.6 Å². The van der Waals surface area contributed by atoms with Crippen molar-refractivity contribution in [1.82, 2.24) is 0 Å². The van der Waals surface area contributed by atoms with Crippen LogP contribution in [0.3, 0.4) is 0 Å². The summed E-state index contributed by atoms with van der Waals surface area (Å²) in [5, 5.41) is 54.6. The van der Waals surface area contributed by atoms with Crippen molar-refractivity contribution in [1.29, 1.82) is 0 Å². The summed E-state index contributed by atoms with van der Waals surface area (Å²) in [6.07, 6.45) is 5.13. The smallest absolute Gasteiger partial charge is 0.314 e. The third-order valence-electron chi connectivity index (χ3n) is 12.4. The second-order valence-corrected chi connectivity index (χ2v) is 15.4. The zero-order chi connectivity index (χ0) is 32.8. The lowest BCUT2D eigenvalue weighted by Crippen LogP contribution is -2.57. The van der Waals surface area contributed by atoms with Crippen molar-refractivity contribution in [3.05, 3.63) is 11.6 Å². The van der Waals surface area contributed by atoms with Crippen molar-refractivity contribution in [3.8, 4) is 0 Å². The summed E-state index contributed by atoms with van der Waals surface area (Å²) in [7, 11) is 0. The highest BCUT2D eigenvalue weighted by molar-refractivity contribution is 5.81. The number of Topliss-reactive ketones (excluding diaryl/α,β-unsaturated/α-hetero) is 1. The Morgan fingerprint density at radius 1 is 1.14 bits per heavy atom. The minimum atomic E-state index is -1.78. The number of allylic oxidation sites excluding steroid dienone is 1. The predicted molar refractivity (Wildman–Crippen MR) is 165 cm³/mol. The van der Waals surface area contributed by atoms with Gasteiger partial charge in [-0.05, 0) is 81.5 Å². The minimum absolute atomic E-state index is 0.0206. The van der Waals surface area contributed by atoms with Crippen LogP contribution in [-0.4, -0.2) is 80.7 Å². The van der Waals surface area contributed by atoms with Crippen molar-refractivity contribution in [2.45, 2.75) is 117 Å². The fraction of sp³-hybridized carbons (Fsp3) is 0.886. The molecular weight excluding hydrogens is 564 g/mol. The molecule has 1 aliphatic heterocycles. The number of ether oxygens (including phenoxy) is 2. The lowest BCUT2D eigenvalue weighted by Gasteiger charge is -2.48. The van der Waals surface area contributed by atoms with E-state index in [-0.39, 0.29) is 72.4 Å². The standard InChI is InChI=1S/C35H58O9/c1-8-28(38)21(4)31-19(2)13-20(3)35(42,44-31)22(5)32(40)43-18-24(17-37)25-9-11-33(6)15-26-23(16-36)14-29(39)30(26)34(7,41)12-10-27(25)33/h10,19-26,29-31,36-37,39,41-42H,8-9,11-18H2,1-7H3/b27-10-/t19-,20-,21-,22-,23+,24-,25-,26-,29-,30+,31+,33-,34+,35-/m1/s1. The maximum atomic E-state index is 13.4. The molecular formula is C35H58O9. The number of hydrogen-bond acceptors (Lipinski definition) is 9. The van der Waals surface area contributed by atoms with Gasteiger partial charge in [-0.1, -0.05) is 46.3 Å². The molecule has 0 radical (unpaired) electrons. The quantitative estimate of drug-likeness (QED) is 0.182. The number of rotatable bonds is 10. The Hall–Kier alpha value is -1.36. The first-order chi connectivity index (χ1) is 20.5. The van der Waals surface area contributed by atoms with Crippen molar-refractivity contribution in [2.75, 3.05) is 19.8 Å². The first-order valence-electron chi connectivity index (χ1n) is 17.0. The van der Waals surface area contributed by atoms with Crippen LogP contribution < -0.4 is 0 Å². The van der Waals surface area contributed by atoms with Gasteiger partial charge in [0.25, 0.3) is 0 Å². The zero-order valence-corrected chi connectivity index (χ0v) is 27.9. The van der Waals surface area contributed by atoms with Gasteiger partial charge in [-0.3, -0.25) is 9.59 Å². The monoisotopic (exact) mass is 622 g/mol. The molecule has 4 rings (SSSR count). The molecule has 2 saturated carbocycles. The second kappa shape index (κ2) is 13.4. The van der Waals surface area contributed by atoms with E-state index < -0.39 is 41.4 Å². The average Bonchev–Trinajstić information content (AvgIpc) is 3.47. The van der Waals surface area contributed by atoms with E-state index in [2.05, 4.69) is 13.0 Å². The fourth-order valence-electron chi connectivity index (χ4n) is 9.61. The van der Waals surface area contributed by atoms with E-state index in [9.17, 15) is 35.1 Å². The third-order valence-corrected chi connectivity index (χ3v) is 12.4. The Balaban J connectivity index is 1.48. The predicted octanol–water partition coefficient (Wildman–Crippen LogP) is 3.63. The largest absolute Gasteiger partial charge is 0.465 e. The highest BCUT2D eigenvalue weighted by Gasteiger charge is 2.56. The van der Waals surface area contributed by atoms with E-state index in [4.69, 9.17) is 9.47 Å². The summed E-state index contributed by atoms with van der Waals surface area (Å²) in [5.41, 5.74) is -0.204. The van der Waals surface area contributed by atoms with Crippen LogP contribution >= 0.6 is 0 Å². The molecule has 9 nitrogen and oxygen atoms in total. The van der Waals surface area contributed by atoms with Crippen molar-refractivity contribution in [3.63, 3.8) is 0 Å². The SMILES string of the molecule is CCC(=O)[C@@H](C)[C@H]1O[C@@](O)([C@H](C)C(=O)OC[C@@H](CO)[C@H]2CC[C@]3(C)C[C@@H]4[C@H](CO)C[C@@H](O)[C@H]4[C@@](C)(O)C/C=C/23)[C@H](C)C[C@H]1C. The Kier molecular flexibility index (Phi) is 10.8. The first-order valence-corrected chi connectivity index (χ1v) is 17.0. The molecule has 252 valence electrons. The lowest BCUT2D eigenvalue weighted by molar-refractivity contribution is -0.318. The highest BCUT2D eigenvalue weighted by atomic mass is 16.6. The normalized spacial score (nSPS) is 45.6. The number of hydrogen-bond donors (Lipinski definition) is 5. The topological polar surface area (TPSA) is 154 Å². The zero-order valence-electron chi connectivity index (χ0n) is 27.9. The molecule has 0 aromatic heterocycles. The van der Waals surface area contributed by atoms with Gasteiger partial charge < -0.3 is 35.0 Å². The number of aliphatic hydroxyl groups is 5. The molecule has 1 saturated heterocycles. The number of fused-ring (bicyclic) bond motifs is 2. The Morgan fingerprint density at radius 2 is 1.82 bits per heavy atom. The highest BCUT2D eigenvalue weighted by Crippen LogP contribution is 2.59.